The van der Waals surface area contributed by atoms with Gasteiger partial charge in [0, 0.05) is 13.1 Å². The Morgan fingerprint density at radius 1 is 1.52 bits per heavy atom. The molecule has 6 heteroatoms. The van der Waals surface area contributed by atoms with Crippen molar-refractivity contribution in [3.63, 3.8) is 0 Å². The van der Waals surface area contributed by atoms with Gasteiger partial charge in [-0.15, -0.1) is 6.58 Å². The van der Waals surface area contributed by atoms with E-state index in [4.69, 9.17) is 0 Å². The quantitative estimate of drug-likeness (QED) is 0.794. The first-order chi connectivity index (χ1) is 10.2. The molecule has 5 nitrogen and oxygen atoms in total. The lowest BCUT2D eigenvalue weighted by Gasteiger charge is -2.33. The molecule has 0 spiro atoms. The maximum atomic E-state index is 12.2. The van der Waals surface area contributed by atoms with E-state index in [2.05, 4.69) is 44.7 Å². The Bertz CT molecular complexity index is 535. The first-order valence-corrected chi connectivity index (χ1v) is 8.28. The van der Waals surface area contributed by atoms with E-state index in [0.29, 0.717) is 11.0 Å². The minimum Gasteiger partial charge on any atom is -0.369 e. The summed E-state index contributed by atoms with van der Waals surface area (Å²) in [5.41, 5.74) is 0.810. The van der Waals surface area contributed by atoms with E-state index in [1.807, 2.05) is 0 Å². The number of piperidine rings is 1. The van der Waals surface area contributed by atoms with Gasteiger partial charge in [-0.2, -0.15) is 5.10 Å². The summed E-state index contributed by atoms with van der Waals surface area (Å²) >= 11 is 3.43. The smallest absolute Gasteiger partial charge is 0.283 e. The molecule has 116 valence electrons. The predicted molar refractivity (Wildman–Crippen MR) is 89.9 cm³/mol. The van der Waals surface area contributed by atoms with Crippen LogP contribution in [0.15, 0.2) is 28.1 Å². The second-order valence-corrected chi connectivity index (χ2v) is 6.15. The SMILES string of the molecule is C=CCn1ncc(N2CCC(CNCC)CC2)c(Br)c1=O. The minimum atomic E-state index is -0.0952. The van der Waals surface area contributed by atoms with Gasteiger partial charge < -0.3 is 10.2 Å². The van der Waals surface area contributed by atoms with Gasteiger partial charge in [-0.3, -0.25) is 4.79 Å². The van der Waals surface area contributed by atoms with E-state index in [1.54, 1.807) is 12.3 Å². The average Bonchev–Trinajstić information content (AvgIpc) is 2.51. The Kier molecular flexibility index (Phi) is 5.99. The van der Waals surface area contributed by atoms with Crippen molar-refractivity contribution >= 4 is 21.6 Å². The van der Waals surface area contributed by atoms with Crippen molar-refractivity contribution in [3.8, 4) is 0 Å². The number of nitrogens with one attached hydrogen (secondary N) is 1. The number of rotatable bonds is 6. The molecule has 0 radical (unpaired) electrons. The number of hydrogen-bond donors (Lipinski definition) is 1. The third-order valence-corrected chi connectivity index (χ3v) is 4.65. The molecule has 0 bridgehead atoms. The number of aromatic nitrogens is 2. The molecular weight excluding hydrogens is 332 g/mol. The average molecular weight is 355 g/mol. The van der Waals surface area contributed by atoms with Crippen molar-refractivity contribution in [1.82, 2.24) is 15.1 Å². The summed E-state index contributed by atoms with van der Waals surface area (Å²) in [6.07, 6.45) is 5.75. The molecule has 0 amide bonds. The van der Waals surface area contributed by atoms with Gasteiger partial charge >= 0.3 is 0 Å². The van der Waals surface area contributed by atoms with Crippen molar-refractivity contribution in [1.29, 1.82) is 0 Å². The van der Waals surface area contributed by atoms with Crippen LogP contribution in [-0.4, -0.2) is 36.0 Å². The van der Waals surface area contributed by atoms with Gasteiger partial charge in [0.2, 0.25) is 0 Å². The van der Waals surface area contributed by atoms with E-state index < -0.39 is 0 Å². The highest BCUT2D eigenvalue weighted by Crippen LogP contribution is 2.26. The molecule has 0 aliphatic carbocycles. The summed E-state index contributed by atoms with van der Waals surface area (Å²) < 4.78 is 2.02. The van der Waals surface area contributed by atoms with Gasteiger partial charge in [0.15, 0.2) is 0 Å². The molecule has 2 rings (SSSR count). The van der Waals surface area contributed by atoms with Crippen LogP contribution in [0.3, 0.4) is 0 Å². The van der Waals surface area contributed by atoms with Crippen LogP contribution in [0.4, 0.5) is 5.69 Å². The zero-order valence-electron chi connectivity index (χ0n) is 12.5. The number of nitrogens with zero attached hydrogens (tertiary/aromatic N) is 3. The van der Waals surface area contributed by atoms with Crippen LogP contribution in [0.1, 0.15) is 19.8 Å². The Morgan fingerprint density at radius 3 is 2.86 bits per heavy atom. The normalized spacial score (nSPS) is 16.2. The van der Waals surface area contributed by atoms with Gasteiger partial charge in [0.1, 0.15) is 4.47 Å². The fraction of sp³-hybridized carbons (Fsp3) is 0.600. The summed E-state index contributed by atoms with van der Waals surface area (Å²) in [6.45, 7) is 10.3. The maximum absolute atomic E-state index is 12.2. The highest BCUT2D eigenvalue weighted by molar-refractivity contribution is 9.10. The van der Waals surface area contributed by atoms with Gasteiger partial charge in [-0.25, -0.2) is 4.68 Å². The second-order valence-electron chi connectivity index (χ2n) is 5.36. The van der Waals surface area contributed by atoms with Crippen molar-refractivity contribution < 1.29 is 0 Å². The molecule has 0 saturated carbocycles. The highest BCUT2D eigenvalue weighted by Gasteiger charge is 2.22. The monoisotopic (exact) mass is 354 g/mol. The zero-order valence-corrected chi connectivity index (χ0v) is 14.1. The van der Waals surface area contributed by atoms with Crippen LogP contribution >= 0.6 is 15.9 Å². The molecule has 1 aromatic rings. The Balaban J connectivity index is 2.05. The lowest BCUT2D eigenvalue weighted by atomic mass is 9.96. The van der Waals surface area contributed by atoms with Crippen LogP contribution in [-0.2, 0) is 6.54 Å². The van der Waals surface area contributed by atoms with Gasteiger partial charge in [0.25, 0.3) is 5.56 Å². The van der Waals surface area contributed by atoms with Crippen LogP contribution in [0.5, 0.6) is 0 Å². The molecule has 1 aromatic heterocycles. The van der Waals surface area contributed by atoms with E-state index in [0.717, 1.165) is 50.6 Å². The minimum absolute atomic E-state index is 0.0952. The van der Waals surface area contributed by atoms with Gasteiger partial charge in [0.05, 0.1) is 18.4 Å². The first kappa shape index (κ1) is 16.2. The van der Waals surface area contributed by atoms with Crippen molar-refractivity contribution in [2.24, 2.45) is 5.92 Å². The fourth-order valence-corrected chi connectivity index (χ4v) is 3.21. The van der Waals surface area contributed by atoms with E-state index in [-0.39, 0.29) is 5.56 Å². The first-order valence-electron chi connectivity index (χ1n) is 7.49. The lowest BCUT2D eigenvalue weighted by Crippen LogP contribution is -2.38. The number of hydrogen-bond acceptors (Lipinski definition) is 4. The number of halogens is 1. The number of allylic oxidation sites excluding steroid dienone is 1. The predicted octanol–water partition coefficient (Wildman–Crippen LogP) is 2.02. The topological polar surface area (TPSA) is 50.2 Å². The number of anilines is 1. The van der Waals surface area contributed by atoms with Crippen molar-refractivity contribution in [2.75, 3.05) is 31.1 Å². The summed E-state index contributed by atoms with van der Waals surface area (Å²) in [5, 5.41) is 7.63. The third kappa shape index (κ3) is 3.95. The second kappa shape index (κ2) is 7.75. The van der Waals surface area contributed by atoms with E-state index in [9.17, 15) is 4.79 Å². The third-order valence-electron chi connectivity index (χ3n) is 3.91. The van der Waals surface area contributed by atoms with Gasteiger partial charge in [-0.1, -0.05) is 13.0 Å². The largest absolute Gasteiger partial charge is 0.369 e. The van der Waals surface area contributed by atoms with E-state index >= 15 is 0 Å². The molecule has 1 N–H and O–H groups in total. The Hall–Kier alpha value is -1.14. The van der Waals surface area contributed by atoms with Crippen LogP contribution in [0.2, 0.25) is 0 Å². The van der Waals surface area contributed by atoms with Crippen molar-refractivity contribution in [3.05, 3.63) is 33.7 Å². The highest BCUT2D eigenvalue weighted by atomic mass is 79.9. The molecule has 0 atom stereocenters. The molecule has 1 saturated heterocycles. The standard InChI is InChI=1S/C15H23BrN4O/c1-3-7-20-15(21)14(16)13(11-18-20)19-8-5-12(6-9-19)10-17-4-2/h3,11-12,17H,1,4-10H2,2H3. The summed E-state index contributed by atoms with van der Waals surface area (Å²) in [7, 11) is 0. The zero-order chi connectivity index (χ0) is 15.2. The fourth-order valence-electron chi connectivity index (χ4n) is 2.66. The molecule has 1 fully saturated rings. The molecule has 1 aliphatic rings. The lowest BCUT2D eigenvalue weighted by molar-refractivity contribution is 0.386. The molecule has 2 heterocycles. The van der Waals surface area contributed by atoms with E-state index in [1.165, 1.54) is 4.68 Å². The summed E-state index contributed by atoms with van der Waals surface area (Å²) in [6, 6.07) is 0. The molecule has 21 heavy (non-hydrogen) atoms. The van der Waals surface area contributed by atoms with Crippen molar-refractivity contribution in [2.45, 2.75) is 26.3 Å². The Labute approximate surface area is 134 Å². The molecule has 0 unspecified atom stereocenters. The van der Waals surface area contributed by atoms with Crippen LogP contribution < -0.4 is 15.8 Å². The Morgan fingerprint density at radius 2 is 2.24 bits per heavy atom. The summed E-state index contributed by atoms with van der Waals surface area (Å²) in [4.78, 5) is 14.4. The van der Waals surface area contributed by atoms with Crippen LogP contribution in [0.25, 0.3) is 0 Å². The molecule has 0 aromatic carbocycles. The maximum Gasteiger partial charge on any atom is 0.283 e. The summed E-state index contributed by atoms with van der Waals surface area (Å²) in [5.74, 6) is 0.731. The molecule has 1 aliphatic heterocycles. The van der Waals surface area contributed by atoms with Crippen LogP contribution in [0, 0.1) is 5.92 Å². The molecular formula is C15H23BrN4O. The van der Waals surface area contributed by atoms with Gasteiger partial charge in [-0.05, 0) is 47.8 Å².